The minimum Gasteiger partial charge on any atom is -0.462 e. The van der Waals surface area contributed by atoms with Gasteiger partial charge in [0, 0.05) is 12.8 Å². The van der Waals surface area contributed by atoms with Gasteiger partial charge in [-0.15, -0.1) is 0 Å². The normalized spacial score (nSPS) is 15.3. The maximum absolute atomic E-state index is 12.6. The van der Waals surface area contributed by atoms with Gasteiger partial charge in [-0.3, -0.25) is 18.6 Å². The van der Waals surface area contributed by atoms with Crippen LogP contribution in [0.25, 0.3) is 0 Å². The predicted molar refractivity (Wildman–Crippen MR) is 234 cm³/mol. The Labute approximate surface area is 349 Å². The molecule has 0 radical (unpaired) electrons. The molecule has 12 heteroatoms. The maximum atomic E-state index is 12.6. The summed E-state index contributed by atoms with van der Waals surface area (Å²) in [6.07, 6.45) is 45.5. The molecule has 0 amide bonds. The number of carbonyl (C=O) groups is 2. The van der Waals surface area contributed by atoms with E-state index < -0.39 is 57.9 Å². The molecule has 0 aromatic rings. The third-order valence-electron chi connectivity index (χ3n) is 8.34. The van der Waals surface area contributed by atoms with Crippen LogP contribution < -0.4 is 0 Å². The van der Waals surface area contributed by atoms with Crippen LogP contribution >= 0.6 is 7.82 Å². The van der Waals surface area contributed by atoms with E-state index in [0.29, 0.717) is 25.7 Å². The molecule has 0 saturated heterocycles. The number of hydrogen-bond donors (Lipinski definition) is 4. The Bertz CT molecular complexity index is 1300. The van der Waals surface area contributed by atoms with Gasteiger partial charge < -0.3 is 29.7 Å². The summed E-state index contributed by atoms with van der Waals surface area (Å²) in [4.78, 5) is 34.9. The number of allylic oxidation sites excluding steroid dienone is 14. The van der Waals surface area contributed by atoms with Crippen LogP contribution in [0.5, 0.6) is 0 Å². The van der Waals surface area contributed by atoms with Crippen molar-refractivity contribution in [1.29, 1.82) is 0 Å². The third kappa shape index (κ3) is 39.7. The Balaban J connectivity index is 4.55. The summed E-state index contributed by atoms with van der Waals surface area (Å²) in [5, 5.41) is 28.3. The lowest BCUT2D eigenvalue weighted by molar-refractivity contribution is -0.161. The lowest BCUT2D eigenvalue weighted by Gasteiger charge is -2.20. The molecule has 0 aromatic heterocycles. The number of hydrogen-bond acceptors (Lipinski definition) is 10. The van der Waals surface area contributed by atoms with Crippen molar-refractivity contribution in [3.05, 3.63) is 97.2 Å². The fourth-order valence-corrected chi connectivity index (χ4v) is 5.82. The number of ether oxygens (including phenoxy) is 2. The summed E-state index contributed by atoms with van der Waals surface area (Å²) in [7, 11) is -4.66. The van der Waals surface area contributed by atoms with E-state index in [-0.39, 0.29) is 19.4 Å². The van der Waals surface area contributed by atoms with Gasteiger partial charge in [0.25, 0.3) is 0 Å². The first-order chi connectivity index (χ1) is 28.1. The fourth-order valence-electron chi connectivity index (χ4n) is 5.03. The molecule has 330 valence electrons. The Hall–Kier alpha value is -3.15. The fraction of sp³-hybridized carbons (Fsp3) is 0.609. The van der Waals surface area contributed by atoms with Crippen LogP contribution in [0.15, 0.2) is 97.2 Å². The molecule has 58 heavy (non-hydrogen) atoms. The summed E-state index contributed by atoms with van der Waals surface area (Å²) < 4.78 is 32.6. The van der Waals surface area contributed by atoms with Crippen molar-refractivity contribution in [2.45, 2.75) is 154 Å². The zero-order valence-electron chi connectivity index (χ0n) is 35.3. The molecular weight excluding hydrogens is 759 g/mol. The molecule has 4 atom stereocenters. The maximum Gasteiger partial charge on any atom is 0.472 e. The topological polar surface area (TPSA) is 169 Å². The molecule has 0 bridgehead atoms. The SMILES string of the molecule is CC/C=C\C/C=C\CC(O)/C=C/C=C\C/C=C\C/C=C\CCC(=O)O[C@H](COC(=O)CCCCCCC/C=C\C=C/CCCCCC)COP(=O)(O)OC[C@@H](O)CO. The number of unbranched alkanes of at least 4 members (excludes halogenated alkanes) is 9. The van der Waals surface area contributed by atoms with Gasteiger partial charge in [0.05, 0.1) is 25.9 Å². The molecule has 0 rings (SSSR count). The highest BCUT2D eigenvalue weighted by Gasteiger charge is 2.27. The highest BCUT2D eigenvalue weighted by molar-refractivity contribution is 7.47. The van der Waals surface area contributed by atoms with Crippen LogP contribution in [0.3, 0.4) is 0 Å². The Morgan fingerprint density at radius 3 is 1.88 bits per heavy atom. The quantitative estimate of drug-likeness (QED) is 0.0154. The number of rotatable bonds is 38. The number of carbonyl (C=O) groups excluding carboxylic acids is 2. The minimum absolute atomic E-state index is 0.0267. The minimum atomic E-state index is -4.66. The Morgan fingerprint density at radius 1 is 0.603 bits per heavy atom. The molecule has 11 nitrogen and oxygen atoms in total. The van der Waals surface area contributed by atoms with Gasteiger partial charge in [0.15, 0.2) is 6.10 Å². The van der Waals surface area contributed by atoms with Crippen molar-refractivity contribution in [1.82, 2.24) is 0 Å². The van der Waals surface area contributed by atoms with E-state index in [1.54, 1.807) is 6.08 Å². The van der Waals surface area contributed by atoms with Gasteiger partial charge in [-0.1, -0.05) is 150 Å². The molecule has 0 aliphatic heterocycles. The van der Waals surface area contributed by atoms with E-state index in [4.69, 9.17) is 19.1 Å². The largest absolute Gasteiger partial charge is 0.472 e. The molecule has 0 aliphatic carbocycles. The second-order valence-corrected chi connectivity index (χ2v) is 15.3. The third-order valence-corrected chi connectivity index (χ3v) is 9.29. The van der Waals surface area contributed by atoms with E-state index in [2.05, 4.69) is 54.8 Å². The van der Waals surface area contributed by atoms with Crippen LogP contribution in [0.1, 0.15) is 136 Å². The summed E-state index contributed by atoms with van der Waals surface area (Å²) in [6, 6.07) is 0. The van der Waals surface area contributed by atoms with Gasteiger partial charge in [-0.2, -0.15) is 0 Å². The zero-order valence-corrected chi connectivity index (χ0v) is 36.2. The predicted octanol–water partition coefficient (Wildman–Crippen LogP) is 10.2. The zero-order chi connectivity index (χ0) is 42.8. The monoisotopic (exact) mass is 835 g/mol. The van der Waals surface area contributed by atoms with E-state index in [9.17, 15) is 29.3 Å². The van der Waals surface area contributed by atoms with Gasteiger partial charge in [0.2, 0.25) is 0 Å². The van der Waals surface area contributed by atoms with Gasteiger partial charge in [-0.25, -0.2) is 4.57 Å². The molecular formula is C46H75O11P. The lowest BCUT2D eigenvalue weighted by atomic mass is 10.1. The summed E-state index contributed by atoms with van der Waals surface area (Å²) in [6.45, 7) is 2.03. The van der Waals surface area contributed by atoms with Gasteiger partial charge >= 0.3 is 19.8 Å². The highest BCUT2D eigenvalue weighted by atomic mass is 31.2. The Kier molecular flexibility index (Phi) is 38.4. The van der Waals surface area contributed by atoms with Crippen LogP contribution in [-0.4, -0.2) is 76.9 Å². The number of aliphatic hydroxyl groups excluding tert-OH is 3. The molecule has 0 aromatic carbocycles. The van der Waals surface area contributed by atoms with Crippen molar-refractivity contribution in [2.75, 3.05) is 26.4 Å². The van der Waals surface area contributed by atoms with Crippen molar-refractivity contribution >= 4 is 19.8 Å². The van der Waals surface area contributed by atoms with E-state index in [1.165, 1.54) is 25.7 Å². The van der Waals surface area contributed by atoms with Crippen LogP contribution in [0.4, 0.5) is 0 Å². The van der Waals surface area contributed by atoms with Crippen LogP contribution in [-0.2, 0) is 32.7 Å². The van der Waals surface area contributed by atoms with Crippen molar-refractivity contribution in [3.8, 4) is 0 Å². The number of phosphoric ester groups is 1. The summed E-state index contributed by atoms with van der Waals surface area (Å²) in [5.74, 6) is -1.08. The number of esters is 2. The van der Waals surface area contributed by atoms with E-state index in [1.807, 2.05) is 54.7 Å². The first-order valence-corrected chi connectivity index (χ1v) is 22.8. The van der Waals surface area contributed by atoms with Crippen LogP contribution in [0.2, 0.25) is 0 Å². The molecule has 0 fully saturated rings. The number of phosphoric acid groups is 1. The van der Waals surface area contributed by atoms with E-state index in [0.717, 1.165) is 57.8 Å². The summed E-state index contributed by atoms with van der Waals surface area (Å²) >= 11 is 0. The van der Waals surface area contributed by atoms with Crippen molar-refractivity contribution in [2.24, 2.45) is 0 Å². The van der Waals surface area contributed by atoms with Gasteiger partial charge in [-0.05, 0) is 70.6 Å². The highest BCUT2D eigenvalue weighted by Crippen LogP contribution is 2.43. The summed E-state index contributed by atoms with van der Waals surface area (Å²) in [5.41, 5.74) is 0. The van der Waals surface area contributed by atoms with Gasteiger partial charge in [0.1, 0.15) is 12.7 Å². The lowest BCUT2D eigenvalue weighted by Crippen LogP contribution is -2.29. The molecule has 4 N–H and O–H groups in total. The molecule has 2 unspecified atom stereocenters. The average molecular weight is 835 g/mol. The first-order valence-electron chi connectivity index (χ1n) is 21.3. The second kappa shape index (κ2) is 40.6. The van der Waals surface area contributed by atoms with Crippen molar-refractivity contribution < 1.29 is 52.9 Å². The van der Waals surface area contributed by atoms with Crippen molar-refractivity contribution in [3.63, 3.8) is 0 Å². The molecule has 0 saturated carbocycles. The number of aliphatic hydroxyl groups is 3. The molecule has 0 heterocycles. The molecule has 0 aliphatic rings. The molecule has 0 spiro atoms. The smallest absolute Gasteiger partial charge is 0.462 e. The van der Waals surface area contributed by atoms with E-state index >= 15 is 0 Å². The average Bonchev–Trinajstić information content (AvgIpc) is 3.21. The Morgan fingerprint density at radius 2 is 1.19 bits per heavy atom. The standard InChI is InChI=1S/C46H75O11P/c1-3-5-7-9-11-12-13-14-15-16-17-21-24-28-32-36-45(50)54-40-44(41-56-58(52,53)55-39-43(49)38-47)57-46(51)37-33-29-25-22-19-18-20-23-27-31-35-42(48)34-30-26-10-8-6-4-2/h6,8,12-15,18-19,23,25-27,29-31,35,42-44,47-49H,3-5,7,9-11,16-17,20-22,24,28,32-34,36-41H2,1-2H3,(H,52,53)/b8-6-,13-12-,15-14-,19-18-,27-23-,29-25-,30-26-,35-31+/t42?,43-,44+/m0/s1. The van der Waals surface area contributed by atoms with Crippen LogP contribution in [0, 0.1) is 0 Å². The second-order valence-electron chi connectivity index (χ2n) is 13.9. The first kappa shape index (κ1) is 54.9.